The van der Waals surface area contributed by atoms with Gasteiger partial charge in [0.25, 0.3) is 0 Å². The van der Waals surface area contributed by atoms with Crippen LogP contribution >= 0.6 is 11.8 Å². The van der Waals surface area contributed by atoms with Gasteiger partial charge in [0, 0.05) is 12.5 Å². The van der Waals surface area contributed by atoms with Gasteiger partial charge in [-0.2, -0.15) is 11.8 Å². The minimum Gasteiger partial charge on any atom is -0.393 e. The van der Waals surface area contributed by atoms with Crippen LogP contribution in [0.4, 0.5) is 0 Å². The van der Waals surface area contributed by atoms with Crippen molar-refractivity contribution in [3.8, 4) is 0 Å². The molecule has 0 aromatic rings. The van der Waals surface area contributed by atoms with Crippen molar-refractivity contribution >= 4 is 17.7 Å². The highest BCUT2D eigenvalue weighted by molar-refractivity contribution is 7.98. The van der Waals surface area contributed by atoms with Crippen LogP contribution in [0, 0.1) is 0 Å². The molecule has 0 spiro atoms. The SMILES string of the molecule is CSCCC(C)NC(=O)CCC(C)O. The molecule has 0 fully saturated rings. The molecule has 84 valence electrons. The van der Waals surface area contributed by atoms with Crippen LogP contribution in [0.2, 0.25) is 0 Å². The van der Waals surface area contributed by atoms with E-state index in [2.05, 4.69) is 11.6 Å². The fourth-order valence-corrected chi connectivity index (χ4v) is 1.64. The van der Waals surface area contributed by atoms with Gasteiger partial charge in [0.15, 0.2) is 0 Å². The molecular formula is C10H21NO2S. The van der Waals surface area contributed by atoms with Crippen molar-refractivity contribution < 1.29 is 9.90 Å². The highest BCUT2D eigenvalue weighted by Gasteiger charge is 2.07. The summed E-state index contributed by atoms with van der Waals surface area (Å²) in [5.41, 5.74) is 0. The van der Waals surface area contributed by atoms with Crippen molar-refractivity contribution in [3.05, 3.63) is 0 Å². The number of aliphatic hydroxyl groups is 1. The third-order valence-electron chi connectivity index (χ3n) is 1.95. The average Bonchev–Trinajstić information content (AvgIpc) is 2.11. The summed E-state index contributed by atoms with van der Waals surface area (Å²) < 4.78 is 0. The van der Waals surface area contributed by atoms with E-state index < -0.39 is 0 Å². The van der Waals surface area contributed by atoms with E-state index in [0.717, 1.165) is 12.2 Å². The molecule has 3 nitrogen and oxygen atoms in total. The van der Waals surface area contributed by atoms with E-state index in [1.165, 1.54) is 0 Å². The lowest BCUT2D eigenvalue weighted by molar-refractivity contribution is -0.122. The number of rotatable bonds is 7. The minimum atomic E-state index is -0.387. The zero-order valence-corrected chi connectivity index (χ0v) is 10.1. The number of amides is 1. The molecule has 0 aromatic carbocycles. The van der Waals surface area contributed by atoms with Gasteiger partial charge in [-0.15, -0.1) is 0 Å². The van der Waals surface area contributed by atoms with Gasteiger partial charge in [0.1, 0.15) is 0 Å². The summed E-state index contributed by atoms with van der Waals surface area (Å²) >= 11 is 1.78. The summed E-state index contributed by atoms with van der Waals surface area (Å²) in [4.78, 5) is 11.3. The molecule has 4 heteroatoms. The van der Waals surface area contributed by atoms with Gasteiger partial charge in [-0.3, -0.25) is 4.79 Å². The monoisotopic (exact) mass is 219 g/mol. The Bertz CT molecular complexity index is 162. The molecule has 1 amide bonds. The number of nitrogens with one attached hydrogen (secondary N) is 1. The van der Waals surface area contributed by atoms with Crippen molar-refractivity contribution in [1.82, 2.24) is 5.32 Å². The fraction of sp³-hybridized carbons (Fsp3) is 0.900. The highest BCUT2D eigenvalue weighted by atomic mass is 32.2. The lowest BCUT2D eigenvalue weighted by Crippen LogP contribution is -2.33. The van der Waals surface area contributed by atoms with Crippen molar-refractivity contribution in [2.45, 2.75) is 45.3 Å². The first-order valence-corrected chi connectivity index (χ1v) is 6.42. The first-order chi connectivity index (χ1) is 6.56. The van der Waals surface area contributed by atoms with Gasteiger partial charge < -0.3 is 10.4 Å². The Hall–Kier alpha value is -0.220. The maximum Gasteiger partial charge on any atom is 0.220 e. The van der Waals surface area contributed by atoms with E-state index in [-0.39, 0.29) is 18.1 Å². The molecule has 2 atom stereocenters. The number of hydrogen-bond acceptors (Lipinski definition) is 3. The predicted molar refractivity (Wildman–Crippen MR) is 61.5 cm³/mol. The molecule has 0 saturated heterocycles. The molecular weight excluding hydrogens is 198 g/mol. The van der Waals surface area contributed by atoms with Gasteiger partial charge in [-0.05, 0) is 38.7 Å². The molecule has 0 bridgehead atoms. The second-order valence-corrected chi connectivity index (χ2v) is 4.62. The first-order valence-electron chi connectivity index (χ1n) is 5.02. The van der Waals surface area contributed by atoms with Crippen LogP contribution in [0.1, 0.15) is 33.1 Å². The van der Waals surface area contributed by atoms with E-state index in [1.54, 1.807) is 18.7 Å². The fourth-order valence-electron chi connectivity index (χ4n) is 1.05. The van der Waals surface area contributed by atoms with E-state index in [0.29, 0.717) is 12.8 Å². The summed E-state index contributed by atoms with van der Waals surface area (Å²) in [6.45, 7) is 3.71. The van der Waals surface area contributed by atoms with Gasteiger partial charge >= 0.3 is 0 Å². The topological polar surface area (TPSA) is 49.3 Å². The summed E-state index contributed by atoms with van der Waals surface area (Å²) in [6, 6.07) is 0.240. The van der Waals surface area contributed by atoms with Gasteiger partial charge in [-0.25, -0.2) is 0 Å². The van der Waals surface area contributed by atoms with Gasteiger partial charge in [-0.1, -0.05) is 0 Å². The van der Waals surface area contributed by atoms with Crippen LogP contribution in [0.3, 0.4) is 0 Å². The molecule has 0 heterocycles. The van der Waals surface area contributed by atoms with Crippen LogP contribution in [-0.4, -0.2) is 35.2 Å². The number of aliphatic hydroxyl groups excluding tert-OH is 1. The summed E-state index contributed by atoms with van der Waals surface area (Å²) in [5, 5.41) is 11.9. The van der Waals surface area contributed by atoms with Crippen LogP contribution < -0.4 is 5.32 Å². The second-order valence-electron chi connectivity index (χ2n) is 3.64. The molecule has 0 aromatic heterocycles. The molecule has 0 aliphatic rings. The zero-order chi connectivity index (χ0) is 11.0. The van der Waals surface area contributed by atoms with E-state index >= 15 is 0 Å². The number of carbonyl (C=O) groups excluding carboxylic acids is 1. The minimum absolute atomic E-state index is 0.0412. The Morgan fingerprint density at radius 3 is 2.57 bits per heavy atom. The quantitative estimate of drug-likeness (QED) is 0.680. The third-order valence-corrected chi connectivity index (χ3v) is 2.60. The summed E-state index contributed by atoms with van der Waals surface area (Å²) in [7, 11) is 0. The predicted octanol–water partition coefficient (Wildman–Crippen LogP) is 1.41. The van der Waals surface area contributed by atoms with E-state index in [1.807, 2.05) is 6.92 Å². The summed E-state index contributed by atoms with van der Waals surface area (Å²) in [6.07, 6.45) is 3.63. The Morgan fingerprint density at radius 1 is 1.43 bits per heavy atom. The Kier molecular flexibility index (Phi) is 7.99. The Labute approximate surface area is 90.7 Å². The van der Waals surface area contributed by atoms with E-state index in [9.17, 15) is 4.79 Å². The normalized spacial score (nSPS) is 14.9. The molecule has 0 rings (SSSR count). The van der Waals surface area contributed by atoms with Crippen LogP contribution in [0.25, 0.3) is 0 Å². The maximum atomic E-state index is 11.3. The second kappa shape index (κ2) is 8.12. The highest BCUT2D eigenvalue weighted by Crippen LogP contribution is 2.01. The van der Waals surface area contributed by atoms with Crippen LogP contribution in [0.5, 0.6) is 0 Å². The lowest BCUT2D eigenvalue weighted by Gasteiger charge is -2.13. The van der Waals surface area contributed by atoms with Crippen LogP contribution in [0.15, 0.2) is 0 Å². The molecule has 0 aliphatic heterocycles. The van der Waals surface area contributed by atoms with Crippen molar-refractivity contribution in [1.29, 1.82) is 0 Å². The molecule has 0 saturated carbocycles. The van der Waals surface area contributed by atoms with Crippen LogP contribution in [-0.2, 0) is 4.79 Å². The first kappa shape index (κ1) is 13.8. The van der Waals surface area contributed by atoms with Gasteiger partial charge in [0.05, 0.1) is 6.10 Å². The Balaban J connectivity index is 3.50. The maximum absolute atomic E-state index is 11.3. The number of thioether (sulfide) groups is 1. The largest absolute Gasteiger partial charge is 0.393 e. The smallest absolute Gasteiger partial charge is 0.220 e. The molecule has 0 aliphatic carbocycles. The van der Waals surface area contributed by atoms with Crippen molar-refractivity contribution in [2.24, 2.45) is 0 Å². The standard InChI is InChI=1S/C10H21NO2S/c1-8(6-7-14-3)11-10(13)5-4-9(2)12/h8-9,12H,4-7H2,1-3H3,(H,11,13). The Morgan fingerprint density at radius 2 is 2.07 bits per heavy atom. The summed E-state index contributed by atoms with van der Waals surface area (Å²) in [5.74, 6) is 1.11. The molecule has 14 heavy (non-hydrogen) atoms. The van der Waals surface area contributed by atoms with Crippen molar-refractivity contribution in [3.63, 3.8) is 0 Å². The average molecular weight is 219 g/mol. The zero-order valence-electron chi connectivity index (χ0n) is 9.25. The third kappa shape index (κ3) is 8.38. The van der Waals surface area contributed by atoms with E-state index in [4.69, 9.17) is 5.11 Å². The lowest BCUT2D eigenvalue weighted by atomic mass is 10.2. The molecule has 2 unspecified atom stereocenters. The van der Waals surface area contributed by atoms with Crippen molar-refractivity contribution in [2.75, 3.05) is 12.0 Å². The molecule has 0 radical (unpaired) electrons. The number of hydrogen-bond donors (Lipinski definition) is 2. The van der Waals surface area contributed by atoms with Gasteiger partial charge in [0.2, 0.25) is 5.91 Å². The molecule has 2 N–H and O–H groups in total. The number of carbonyl (C=O) groups is 1.